The maximum Gasteiger partial charge on any atom is 0.294 e. The summed E-state index contributed by atoms with van der Waals surface area (Å²) in [5.41, 5.74) is 0. The van der Waals surface area contributed by atoms with E-state index in [0.717, 1.165) is 0 Å². The summed E-state index contributed by atoms with van der Waals surface area (Å²) in [7, 11) is 2.72. The molecule has 0 aromatic rings. The van der Waals surface area contributed by atoms with Gasteiger partial charge in [0.15, 0.2) is 0 Å². The van der Waals surface area contributed by atoms with Crippen molar-refractivity contribution in [2.24, 2.45) is 0 Å². The Bertz CT molecular complexity index is 214. The van der Waals surface area contributed by atoms with E-state index in [-0.39, 0.29) is 0 Å². The van der Waals surface area contributed by atoms with Crippen LogP contribution in [0.15, 0.2) is 0 Å². The van der Waals surface area contributed by atoms with E-state index in [1.165, 1.54) is 21.6 Å². The van der Waals surface area contributed by atoms with Crippen molar-refractivity contribution in [3.63, 3.8) is 0 Å². The van der Waals surface area contributed by atoms with Crippen LogP contribution in [0, 0.1) is 20.2 Å². The number of nitrogens with zero attached hydrogens (tertiary/aromatic N) is 2. The number of rotatable bonds is 4. The van der Waals surface area contributed by atoms with E-state index >= 15 is 0 Å². The van der Waals surface area contributed by atoms with E-state index in [4.69, 9.17) is 0 Å². The molecule has 8 nitrogen and oxygen atoms in total. The Morgan fingerprint density at radius 1 is 1.00 bits per heavy atom. The Kier molecular flexibility index (Phi) is 4.07. The smallest absolute Gasteiger partial charge is 0.294 e. The van der Waals surface area contributed by atoms with Crippen LogP contribution in [-0.4, -0.2) is 33.9 Å². The zero-order valence-corrected chi connectivity index (χ0v) is 8.36. The third-order valence-corrected chi connectivity index (χ3v) is 3.82. The molecule has 0 aromatic carbocycles. The molecule has 1 saturated heterocycles. The van der Waals surface area contributed by atoms with Gasteiger partial charge in [0.2, 0.25) is 0 Å². The van der Waals surface area contributed by atoms with Crippen molar-refractivity contribution in [3.8, 4) is 0 Å². The SMILES string of the molecule is O=[N+]([O-])OC1CSSCC1O[N+](=O)[O-]. The minimum Gasteiger partial charge on any atom is -0.307 e. The minimum atomic E-state index is -0.961. The highest BCUT2D eigenvalue weighted by Gasteiger charge is 2.32. The molecule has 10 heteroatoms. The molecule has 1 aliphatic rings. The standard InChI is InChI=1S/C4H6N2O6S2/c7-5(8)11-3-1-13-14-2-4(3)12-6(9)10/h3-4H,1-2H2. The zero-order chi connectivity index (χ0) is 10.6. The van der Waals surface area contributed by atoms with Gasteiger partial charge in [-0.15, -0.1) is 20.2 Å². The lowest BCUT2D eigenvalue weighted by Gasteiger charge is -2.26. The van der Waals surface area contributed by atoms with E-state index in [0.29, 0.717) is 11.5 Å². The van der Waals surface area contributed by atoms with Gasteiger partial charge in [-0.05, 0) is 0 Å². The van der Waals surface area contributed by atoms with E-state index in [2.05, 4.69) is 9.68 Å². The third kappa shape index (κ3) is 3.46. The Labute approximate surface area is 85.9 Å². The summed E-state index contributed by atoms with van der Waals surface area (Å²) >= 11 is 0. The van der Waals surface area contributed by atoms with Gasteiger partial charge in [0.05, 0.1) is 0 Å². The predicted octanol–water partition coefficient (Wildman–Crippen LogP) is 0.535. The van der Waals surface area contributed by atoms with Crippen LogP contribution in [0.2, 0.25) is 0 Å². The molecule has 2 atom stereocenters. The Morgan fingerprint density at radius 2 is 1.36 bits per heavy atom. The molecule has 0 bridgehead atoms. The molecule has 1 heterocycles. The summed E-state index contributed by atoms with van der Waals surface area (Å²) < 4.78 is 0. The average Bonchev–Trinajstić information content (AvgIpc) is 2.06. The minimum absolute atomic E-state index is 0.296. The second kappa shape index (κ2) is 5.10. The van der Waals surface area contributed by atoms with Gasteiger partial charge in [0.1, 0.15) is 12.2 Å². The monoisotopic (exact) mass is 242 g/mol. The highest BCUT2D eigenvalue weighted by Crippen LogP contribution is 2.32. The average molecular weight is 242 g/mol. The molecule has 0 N–H and O–H groups in total. The molecule has 0 aromatic heterocycles. The lowest BCUT2D eigenvalue weighted by Crippen LogP contribution is -2.40. The highest BCUT2D eigenvalue weighted by atomic mass is 33.1. The van der Waals surface area contributed by atoms with Gasteiger partial charge in [-0.25, -0.2) is 0 Å². The van der Waals surface area contributed by atoms with E-state index in [1.807, 2.05) is 0 Å². The first kappa shape index (κ1) is 11.2. The van der Waals surface area contributed by atoms with Crippen molar-refractivity contribution in [3.05, 3.63) is 20.2 Å². The largest absolute Gasteiger partial charge is 0.307 e. The van der Waals surface area contributed by atoms with Crippen LogP contribution in [0.3, 0.4) is 0 Å². The molecule has 0 amide bonds. The highest BCUT2D eigenvalue weighted by molar-refractivity contribution is 8.76. The molecule has 14 heavy (non-hydrogen) atoms. The van der Waals surface area contributed by atoms with Crippen molar-refractivity contribution in [1.29, 1.82) is 0 Å². The maximum atomic E-state index is 10.0. The first-order chi connectivity index (χ1) is 6.59. The van der Waals surface area contributed by atoms with Crippen molar-refractivity contribution in [2.45, 2.75) is 12.2 Å². The fourth-order valence-electron chi connectivity index (χ4n) is 0.863. The first-order valence-corrected chi connectivity index (χ1v) is 5.95. The summed E-state index contributed by atoms with van der Waals surface area (Å²) in [6.45, 7) is 0. The van der Waals surface area contributed by atoms with Crippen LogP contribution in [0.5, 0.6) is 0 Å². The second-order valence-corrected chi connectivity index (χ2v) is 4.86. The van der Waals surface area contributed by atoms with Crippen LogP contribution >= 0.6 is 21.6 Å². The summed E-state index contributed by atoms with van der Waals surface area (Å²) in [6, 6.07) is 0. The molecular weight excluding hydrogens is 236 g/mol. The first-order valence-electron chi connectivity index (χ1n) is 3.46. The lowest BCUT2D eigenvalue weighted by molar-refractivity contribution is -0.796. The van der Waals surface area contributed by atoms with Crippen LogP contribution in [0.4, 0.5) is 0 Å². The van der Waals surface area contributed by atoms with Gasteiger partial charge >= 0.3 is 0 Å². The number of hydrogen-bond acceptors (Lipinski definition) is 8. The summed E-state index contributed by atoms with van der Waals surface area (Å²) in [6.07, 6.45) is -1.75. The van der Waals surface area contributed by atoms with E-state index < -0.39 is 22.4 Å². The van der Waals surface area contributed by atoms with Crippen molar-refractivity contribution >= 4 is 21.6 Å². The Balaban J connectivity index is 2.49. The van der Waals surface area contributed by atoms with Crippen LogP contribution in [0.25, 0.3) is 0 Å². The summed E-state index contributed by atoms with van der Waals surface area (Å²) in [5, 5.41) is 18.2. The fraction of sp³-hybridized carbons (Fsp3) is 1.00. The van der Waals surface area contributed by atoms with Gasteiger partial charge in [0.25, 0.3) is 10.2 Å². The zero-order valence-electron chi connectivity index (χ0n) is 6.73. The van der Waals surface area contributed by atoms with Gasteiger partial charge in [-0.1, -0.05) is 21.6 Å². The Hall–Kier alpha value is -0.900. The maximum absolute atomic E-state index is 10.0. The van der Waals surface area contributed by atoms with Gasteiger partial charge < -0.3 is 9.68 Å². The summed E-state index contributed by atoms with van der Waals surface area (Å²) in [5.74, 6) is 0.592. The molecule has 1 rings (SSSR count). The molecule has 1 fully saturated rings. The fourth-order valence-corrected chi connectivity index (χ4v) is 3.26. The van der Waals surface area contributed by atoms with E-state index in [1.54, 1.807) is 0 Å². The van der Waals surface area contributed by atoms with Crippen LogP contribution < -0.4 is 0 Å². The molecule has 0 aliphatic carbocycles. The molecule has 0 spiro atoms. The number of hydrogen-bond donors (Lipinski definition) is 0. The molecular formula is C4H6N2O6S2. The molecule has 0 radical (unpaired) electrons. The predicted molar refractivity (Wildman–Crippen MR) is 48.7 cm³/mol. The topological polar surface area (TPSA) is 105 Å². The van der Waals surface area contributed by atoms with Crippen molar-refractivity contribution < 1.29 is 19.8 Å². The molecule has 2 unspecified atom stereocenters. The summed E-state index contributed by atoms with van der Waals surface area (Å²) in [4.78, 5) is 28.6. The molecule has 1 aliphatic heterocycles. The van der Waals surface area contributed by atoms with Gasteiger partial charge in [-0.2, -0.15) is 0 Å². The van der Waals surface area contributed by atoms with E-state index in [9.17, 15) is 20.2 Å². The normalized spacial score (nSPS) is 26.6. The lowest BCUT2D eigenvalue weighted by atomic mass is 10.2. The third-order valence-electron chi connectivity index (χ3n) is 1.41. The van der Waals surface area contributed by atoms with Crippen molar-refractivity contribution in [2.75, 3.05) is 11.5 Å². The molecule has 80 valence electrons. The van der Waals surface area contributed by atoms with Crippen LogP contribution in [-0.2, 0) is 9.68 Å². The quantitative estimate of drug-likeness (QED) is 0.399. The second-order valence-electron chi connectivity index (χ2n) is 2.30. The van der Waals surface area contributed by atoms with Gasteiger partial charge in [-0.3, -0.25) is 0 Å². The van der Waals surface area contributed by atoms with Crippen LogP contribution in [0.1, 0.15) is 0 Å². The van der Waals surface area contributed by atoms with Crippen molar-refractivity contribution in [1.82, 2.24) is 0 Å². The molecule has 0 saturated carbocycles. The Morgan fingerprint density at radius 3 is 1.64 bits per heavy atom. The van der Waals surface area contributed by atoms with Gasteiger partial charge in [0, 0.05) is 11.5 Å².